The number of pyridine rings is 1. The van der Waals surface area contributed by atoms with Gasteiger partial charge in [-0.1, -0.05) is 0 Å². The summed E-state index contributed by atoms with van der Waals surface area (Å²) in [4.78, 5) is 24.2. The van der Waals surface area contributed by atoms with Crippen LogP contribution in [0, 0.1) is 6.92 Å². The van der Waals surface area contributed by atoms with Gasteiger partial charge in [-0.05, 0) is 38.8 Å². The van der Waals surface area contributed by atoms with Crippen LogP contribution in [-0.4, -0.2) is 43.0 Å². The topological polar surface area (TPSA) is 72.6 Å². The van der Waals surface area contributed by atoms with Gasteiger partial charge in [0.15, 0.2) is 5.65 Å². The maximum absolute atomic E-state index is 13.4. The molecule has 0 spiro atoms. The van der Waals surface area contributed by atoms with E-state index in [1.807, 2.05) is 35.5 Å². The van der Waals surface area contributed by atoms with E-state index in [9.17, 15) is 4.79 Å². The maximum Gasteiger partial charge on any atom is 0.260 e. The molecule has 2 unspecified atom stereocenters. The van der Waals surface area contributed by atoms with Crippen LogP contribution in [0.3, 0.4) is 0 Å². The molecule has 2 aliphatic rings. The zero-order chi connectivity index (χ0) is 18.5. The highest BCUT2D eigenvalue weighted by molar-refractivity contribution is 5.97. The summed E-state index contributed by atoms with van der Waals surface area (Å²) in [6, 6.07) is 5.77. The van der Waals surface area contributed by atoms with Crippen LogP contribution in [0.2, 0.25) is 0 Å². The van der Waals surface area contributed by atoms with Crippen molar-refractivity contribution in [2.24, 2.45) is 0 Å². The van der Waals surface area contributed by atoms with Gasteiger partial charge in [0.2, 0.25) is 5.88 Å². The quantitative estimate of drug-likeness (QED) is 0.715. The Morgan fingerprint density at radius 1 is 1.33 bits per heavy atom. The summed E-state index contributed by atoms with van der Waals surface area (Å²) in [5.74, 6) is 0.396. The van der Waals surface area contributed by atoms with Crippen LogP contribution in [0.1, 0.15) is 53.1 Å². The fraction of sp³-hybridized carbons (Fsp3) is 0.400. The fourth-order valence-corrected chi connectivity index (χ4v) is 4.46. The van der Waals surface area contributed by atoms with Crippen molar-refractivity contribution in [1.82, 2.24) is 24.5 Å². The second kappa shape index (κ2) is 6.04. The van der Waals surface area contributed by atoms with E-state index < -0.39 is 0 Å². The highest BCUT2D eigenvalue weighted by atomic mass is 16.5. The van der Waals surface area contributed by atoms with Crippen LogP contribution in [0.5, 0.6) is 5.88 Å². The smallest absolute Gasteiger partial charge is 0.260 e. The highest BCUT2D eigenvalue weighted by Crippen LogP contribution is 2.44. The van der Waals surface area contributed by atoms with Crippen molar-refractivity contribution in [1.29, 1.82) is 0 Å². The number of carbonyl (C=O) groups is 1. The Kier molecular flexibility index (Phi) is 3.63. The Balaban J connectivity index is 1.57. The second-order valence-electron chi connectivity index (χ2n) is 7.17. The molecule has 0 aromatic carbocycles. The normalized spacial score (nSPS) is 20.7. The van der Waals surface area contributed by atoms with E-state index >= 15 is 0 Å². The molecule has 2 bridgehead atoms. The molecule has 0 saturated carbocycles. The lowest BCUT2D eigenvalue weighted by atomic mass is 9.98. The lowest BCUT2D eigenvalue weighted by molar-refractivity contribution is 0.0637. The van der Waals surface area contributed by atoms with Gasteiger partial charge in [0, 0.05) is 36.5 Å². The molecule has 1 saturated heterocycles. The molecule has 0 radical (unpaired) electrons. The van der Waals surface area contributed by atoms with E-state index in [4.69, 9.17) is 4.74 Å². The first-order chi connectivity index (χ1) is 13.2. The number of carbonyl (C=O) groups excluding carboxylic acids is 1. The standard InChI is InChI=1S/C20H21N5O2/c1-3-27-19-14(5-4-8-21-19)20(26)24-13-6-7-16(24)15-11-22-18-9-12(2)23-25(18)17(15)10-13/h4-5,8-9,11,13,16H,3,6-7,10H2,1-2H3. The van der Waals surface area contributed by atoms with Crippen LogP contribution >= 0.6 is 0 Å². The van der Waals surface area contributed by atoms with Gasteiger partial charge in [-0.25, -0.2) is 14.5 Å². The number of aryl methyl sites for hydroxylation is 1. The van der Waals surface area contributed by atoms with E-state index in [1.165, 1.54) is 5.69 Å². The summed E-state index contributed by atoms with van der Waals surface area (Å²) in [6.07, 6.45) is 6.30. The zero-order valence-corrected chi connectivity index (χ0v) is 15.4. The molecular weight excluding hydrogens is 342 g/mol. The molecule has 1 fully saturated rings. The first kappa shape index (κ1) is 16.2. The number of amides is 1. The average molecular weight is 363 g/mol. The third-order valence-electron chi connectivity index (χ3n) is 5.55. The molecule has 0 N–H and O–H groups in total. The van der Waals surface area contributed by atoms with Crippen molar-refractivity contribution in [3.05, 3.63) is 53.1 Å². The lowest BCUT2D eigenvalue weighted by Gasteiger charge is -2.36. The van der Waals surface area contributed by atoms with Crippen molar-refractivity contribution in [2.45, 2.75) is 45.2 Å². The number of nitrogens with zero attached hydrogens (tertiary/aromatic N) is 5. The minimum Gasteiger partial charge on any atom is -0.477 e. The van der Waals surface area contributed by atoms with E-state index in [0.717, 1.165) is 36.2 Å². The Hall–Kier alpha value is -2.96. The third-order valence-corrected chi connectivity index (χ3v) is 5.55. The summed E-state index contributed by atoms with van der Waals surface area (Å²) in [6.45, 7) is 4.35. The van der Waals surface area contributed by atoms with Crippen LogP contribution in [0.25, 0.3) is 5.65 Å². The molecule has 2 aliphatic heterocycles. The molecule has 138 valence electrons. The van der Waals surface area contributed by atoms with Gasteiger partial charge >= 0.3 is 0 Å². The van der Waals surface area contributed by atoms with Crippen molar-refractivity contribution in [3.8, 4) is 5.88 Å². The first-order valence-corrected chi connectivity index (χ1v) is 9.42. The fourth-order valence-electron chi connectivity index (χ4n) is 4.46. The number of rotatable bonds is 3. The van der Waals surface area contributed by atoms with Crippen molar-refractivity contribution in [3.63, 3.8) is 0 Å². The number of ether oxygens (including phenoxy) is 1. The van der Waals surface area contributed by atoms with E-state index in [2.05, 4.69) is 15.1 Å². The Morgan fingerprint density at radius 3 is 3.07 bits per heavy atom. The molecule has 5 rings (SSSR count). The average Bonchev–Trinajstić information content (AvgIpc) is 3.20. The van der Waals surface area contributed by atoms with Crippen molar-refractivity contribution < 1.29 is 9.53 Å². The zero-order valence-electron chi connectivity index (χ0n) is 15.4. The molecular formula is C20H21N5O2. The van der Waals surface area contributed by atoms with Gasteiger partial charge in [-0.15, -0.1) is 0 Å². The Labute approximate surface area is 157 Å². The van der Waals surface area contributed by atoms with Crippen molar-refractivity contribution in [2.75, 3.05) is 6.61 Å². The SMILES string of the molecule is CCOc1ncccc1C(=O)N1C2CCC1c1cnc3cc(C)nn3c1C2. The first-order valence-electron chi connectivity index (χ1n) is 9.42. The lowest BCUT2D eigenvalue weighted by Crippen LogP contribution is -2.43. The molecule has 5 heterocycles. The van der Waals surface area contributed by atoms with Gasteiger partial charge in [0.25, 0.3) is 5.91 Å². The molecule has 27 heavy (non-hydrogen) atoms. The molecule has 7 heteroatoms. The molecule has 0 aliphatic carbocycles. The van der Waals surface area contributed by atoms with Gasteiger partial charge in [-0.2, -0.15) is 5.10 Å². The summed E-state index contributed by atoms with van der Waals surface area (Å²) >= 11 is 0. The predicted molar refractivity (Wildman–Crippen MR) is 98.8 cm³/mol. The van der Waals surface area contributed by atoms with Gasteiger partial charge < -0.3 is 9.64 Å². The maximum atomic E-state index is 13.4. The van der Waals surface area contributed by atoms with Gasteiger partial charge in [-0.3, -0.25) is 4.79 Å². The molecule has 3 aromatic rings. The molecule has 3 aromatic heterocycles. The van der Waals surface area contributed by atoms with Crippen LogP contribution in [-0.2, 0) is 6.42 Å². The number of fused-ring (bicyclic) bond motifs is 6. The Morgan fingerprint density at radius 2 is 2.22 bits per heavy atom. The molecule has 1 amide bonds. The second-order valence-corrected chi connectivity index (χ2v) is 7.17. The van der Waals surface area contributed by atoms with Crippen LogP contribution in [0.4, 0.5) is 0 Å². The number of hydrogen-bond donors (Lipinski definition) is 0. The number of hydrogen-bond acceptors (Lipinski definition) is 5. The highest BCUT2D eigenvalue weighted by Gasteiger charge is 2.44. The van der Waals surface area contributed by atoms with Crippen molar-refractivity contribution >= 4 is 11.6 Å². The summed E-state index contributed by atoms with van der Waals surface area (Å²) < 4.78 is 7.54. The van der Waals surface area contributed by atoms with Crippen LogP contribution < -0.4 is 4.74 Å². The Bertz CT molecular complexity index is 1040. The summed E-state index contributed by atoms with van der Waals surface area (Å²) in [5.41, 5.74) is 4.65. The monoisotopic (exact) mass is 363 g/mol. The molecule has 2 atom stereocenters. The van der Waals surface area contributed by atoms with E-state index in [1.54, 1.807) is 18.3 Å². The van der Waals surface area contributed by atoms with Crippen LogP contribution in [0.15, 0.2) is 30.6 Å². The minimum absolute atomic E-state index is 0.0126. The molecule has 7 nitrogen and oxygen atoms in total. The van der Waals surface area contributed by atoms with Gasteiger partial charge in [0.1, 0.15) is 5.56 Å². The van der Waals surface area contributed by atoms with E-state index in [0.29, 0.717) is 18.1 Å². The third kappa shape index (κ3) is 2.41. The predicted octanol–water partition coefficient (Wildman–Crippen LogP) is 2.73. The number of aromatic nitrogens is 4. The summed E-state index contributed by atoms with van der Waals surface area (Å²) in [7, 11) is 0. The van der Waals surface area contributed by atoms with Gasteiger partial charge in [0.05, 0.1) is 24.0 Å². The van der Waals surface area contributed by atoms with E-state index in [-0.39, 0.29) is 18.0 Å². The summed E-state index contributed by atoms with van der Waals surface area (Å²) in [5, 5.41) is 4.61. The minimum atomic E-state index is -0.0126. The largest absolute Gasteiger partial charge is 0.477 e.